The number of benzene rings is 2. The molecule has 0 atom stereocenters. The Hall–Kier alpha value is -1.76. The molecular weight excluding hydrogens is 373 g/mol. The molecule has 2 rings (SSSR count). The Morgan fingerprint density at radius 3 is 2.38 bits per heavy atom. The minimum absolute atomic E-state index is 0.00370. The van der Waals surface area contributed by atoms with Gasteiger partial charge < -0.3 is 4.74 Å². The molecular formula is C16H15Cl2NO4S. The van der Waals surface area contributed by atoms with E-state index in [-0.39, 0.29) is 17.8 Å². The third kappa shape index (κ3) is 4.20. The summed E-state index contributed by atoms with van der Waals surface area (Å²) in [5.74, 6) is -0.617. The van der Waals surface area contributed by atoms with Gasteiger partial charge in [0.05, 0.1) is 41.2 Å². The van der Waals surface area contributed by atoms with Crippen LogP contribution in [0.4, 0.5) is 5.69 Å². The van der Waals surface area contributed by atoms with Crippen molar-refractivity contribution < 1.29 is 17.9 Å². The lowest BCUT2D eigenvalue weighted by Gasteiger charge is -2.24. The number of sulfonamides is 1. The van der Waals surface area contributed by atoms with Gasteiger partial charge in [-0.05, 0) is 29.8 Å². The normalized spacial score (nSPS) is 11.2. The molecule has 128 valence electrons. The number of methoxy groups -OCH3 is 1. The number of carbonyl (C=O) groups is 1. The van der Waals surface area contributed by atoms with Crippen LogP contribution >= 0.6 is 23.2 Å². The zero-order valence-electron chi connectivity index (χ0n) is 13.0. The second-order valence-electron chi connectivity index (χ2n) is 5.03. The van der Waals surface area contributed by atoms with Crippen molar-refractivity contribution in [1.82, 2.24) is 0 Å². The van der Waals surface area contributed by atoms with Crippen LogP contribution in [0.3, 0.4) is 0 Å². The molecule has 0 N–H and O–H groups in total. The predicted molar refractivity (Wildman–Crippen MR) is 95.3 cm³/mol. The zero-order valence-corrected chi connectivity index (χ0v) is 15.3. The van der Waals surface area contributed by atoms with Gasteiger partial charge in [0, 0.05) is 0 Å². The molecule has 0 aromatic heterocycles. The van der Waals surface area contributed by atoms with Crippen LogP contribution in [0, 0.1) is 0 Å². The Labute approximate surface area is 150 Å². The third-order valence-corrected chi connectivity index (χ3v) is 5.15. The van der Waals surface area contributed by atoms with E-state index in [2.05, 4.69) is 0 Å². The molecule has 0 aliphatic rings. The van der Waals surface area contributed by atoms with Gasteiger partial charge in [0.1, 0.15) is 0 Å². The first-order valence-electron chi connectivity index (χ1n) is 6.83. The summed E-state index contributed by atoms with van der Waals surface area (Å²) in [5, 5.41) is 0.699. The van der Waals surface area contributed by atoms with Gasteiger partial charge in [-0.25, -0.2) is 13.2 Å². The van der Waals surface area contributed by atoms with E-state index < -0.39 is 16.0 Å². The first kappa shape index (κ1) is 18.6. The number of rotatable bonds is 5. The molecule has 0 saturated carbocycles. The molecule has 0 unspecified atom stereocenters. The average molecular weight is 388 g/mol. The number of carbonyl (C=O) groups excluding carboxylic acids is 1. The highest BCUT2D eigenvalue weighted by molar-refractivity contribution is 7.92. The van der Waals surface area contributed by atoms with Crippen LogP contribution in [0.1, 0.15) is 15.9 Å². The average Bonchev–Trinajstić information content (AvgIpc) is 2.54. The fourth-order valence-corrected chi connectivity index (χ4v) is 3.38. The summed E-state index contributed by atoms with van der Waals surface area (Å²) in [4.78, 5) is 11.9. The molecule has 2 aromatic carbocycles. The van der Waals surface area contributed by atoms with Crippen molar-refractivity contribution in [1.29, 1.82) is 0 Å². The summed E-state index contributed by atoms with van der Waals surface area (Å²) in [6.45, 7) is 0.00370. The lowest BCUT2D eigenvalue weighted by atomic mass is 10.1. The number of ether oxygens (including phenoxy) is 1. The van der Waals surface area contributed by atoms with Gasteiger partial charge in [-0.2, -0.15) is 0 Å². The summed E-state index contributed by atoms with van der Waals surface area (Å²) >= 11 is 11.9. The van der Waals surface area contributed by atoms with Crippen LogP contribution in [0.5, 0.6) is 0 Å². The van der Waals surface area contributed by atoms with Crippen LogP contribution in [0.2, 0.25) is 10.0 Å². The van der Waals surface area contributed by atoms with Crippen molar-refractivity contribution in [3.05, 3.63) is 63.6 Å². The number of esters is 1. The van der Waals surface area contributed by atoms with Gasteiger partial charge >= 0.3 is 5.97 Å². The second-order valence-corrected chi connectivity index (χ2v) is 7.75. The summed E-state index contributed by atoms with van der Waals surface area (Å²) in [6, 6.07) is 11.2. The fourth-order valence-electron chi connectivity index (χ4n) is 2.16. The van der Waals surface area contributed by atoms with Crippen LogP contribution in [-0.2, 0) is 21.3 Å². The highest BCUT2D eigenvalue weighted by atomic mass is 35.5. The number of halogens is 2. The van der Waals surface area contributed by atoms with E-state index in [1.54, 1.807) is 36.4 Å². The standard InChI is InChI=1S/C16H15Cl2NO4S/c1-23-16(20)12-5-3-4-6-15(12)19(24(2,21)22)10-11-7-8-13(17)14(18)9-11/h3-9H,10H2,1-2H3. The van der Waals surface area contributed by atoms with Gasteiger partial charge in [-0.3, -0.25) is 4.31 Å². The number of para-hydroxylation sites is 1. The zero-order chi connectivity index (χ0) is 17.9. The van der Waals surface area contributed by atoms with E-state index in [1.807, 2.05) is 0 Å². The maximum absolute atomic E-state index is 12.3. The topological polar surface area (TPSA) is 63.7 Å². The van der Waals surface area contributed by atoms with Gasteiger partial charge in [-0.1, -0.05) is 41.4 Å². The van der Waals surface area contributed by atoms with Gasteiger partial charge in [-0.15, -0.1) is 0 Å². The highest BCUT2D eigenvalue weighted by Gasteiger charge is 2.23. The molecule has 0 spiro atoms. The molecule has 0 radical (unpaired) electrons. The molecule has 24 heavy (non-hydrogen) atoms. The molecule has 0 bridgehead atoms. The van der Waals surface area contributed by atoms with Crippen molar-refractivity contribution in [3.8, 4) is 0 Å². The molecule has 0 amide bonds. The van der Waals surface area contributed by atoms with Crippen LogP contribution in [-0.4, -0.2) is 27.8 Å². The summed E-state index contributed by atoms with van der Waals surface area (Å²) in [7, 11) is -2.41. The number of hydrogen-bond acceptors (Lipinski definition) is 4. The molecule has 2 aromatic rings. The van der Waals surface area contributed by atoms with E-state index in [4.69, 9.17) is 27.9 Å². The fraction of sp³-hybridized carbons (Fsp3) is 0.188. The first-order valence-corrected chi connectivity index (χ1v) is 9.43. The lowest BCUT2D eigenvalue weighted by molar-refractivity contribution is 0.0601. The Kier molecular flexibility index (Phi) is 5.74. The predicted octanol–water partition coefficient (Wildman–Crippen LogP) is 3.75. The molecule has 0 heterocycles. The molecule has 0 saturated heterocycles. The number of hydrogen-bond donors (Lipinski definition) is 0. The summed E-state index contributed by atoms with van der Waals surface area (Å²) in [5.41, 5.74) is 1.03. The van der Waals surface area contributed by atoms with E-state index in [1.165, 1.54) is 13.2 Å². The second kappa shape index (κ2) is 7.42. The van der Waals surface area contributed by atoms with E-state index in [0.29, 0.717) is 15.6 Å². The maximum Gasteiger partial charge on any atom is 0.340 e. The van der Waals surface area contributed by atoms with Crippen LogP contribution < -0.4 is 4.31 Å². The first-order chi connectivity index (χ1) is 11.2. The quantitative estimate of drug-likeness (QED) is 0.732. The SMILES string of the molecule is COC(=O)c1ccccc1N(Cc1ccc(Cl)c(Cl)c1)S(C)(=O)=O. The van der Waals surface area contributed by atoms with Crippen molar-refractivity contribution in [2.24, 2.45) is 0 Å². The smallest absolute Gasteiger partial charge is 0.340 e. The Morgan fingerprint density at radius 2 is 1.79 bits per heavy atom. The van der Waals surface area contributed by atoms with E-state index in [9.17, 15) is 13.2 Å². The van der Waals surface area contributed by atoms with Crippen molar-refractivity contribution in [3.63, 3.8) is 0 Å². The number of nitrogens with zero attached hydrogens (tertiary/aromatic N) is 1. The lowest BCUT2D eigenvalue weighted by Crippen LogP contribution is -2.30. The molecule has 0 aliphatic carbocycles. The van der Waals surface area contributed by atoms with Gasteiger partial charge in [0.15, 0.2) is 0 Å². The minimum atomic E-state index is -3.65. The van der Waals surface area contributed by atoms with E-state index >= 15 is 0 Å². The summed E-state index contributed by atoms with van der Waals surface area (Å²) < 4.78 is 30.4. The highest BCUT2D eigenvalue weighted by Crippen LogP contribution is 2.28. The monoisotopic (exact) mass is 387 g/mol. The largest absolute Gasteiger partial charge is 0.465 e. The molecule has 0 aliphatic heterocycles. The summed E-state index contributed by atoms with van der Waals surface area (Å²) in [6.07, 6.45) is 1.07. The van der Waals surface area contributed by atoms with Crippen LogP contribution in [0.15, 0.2) is 42.5 Å². The number of anilines is 1. The van der Waals surface area contributed by atoms with Crippen molar-refractivity contribution >= 4 is 44.9 Å². The molecule has 8 heteroatoms. The minimum Gasteiger partial charge on any atom is -0.465 e. The third-order valence-electron chi connectivity index (χ3n) is 3.29. The Morgan fingerprint density at radius 1 is 1.12 bits per heavy atom. The van der Waals surface area contributed by atoms with Gasteiger partial charge in [0.25, 0.3) is 0 Å². The van der Waals surface area contributed by atoms with Crippen molar-refractivity contribution in [2.45, 2.75) is 6.54 Å². The van der Waals surface area contributed by atoms with Crippen molar-refractivity contribution in [2.75, 3.05) is 17.7 Å². The molecule has 0 fully saturated rings. The van der Waals surface area contributed by atoms with E-state index in [0.717, 1.165) is 10.6 Å². The van der Waals surface area contributed by atoms with Gasteiger partial charge in [0.2, 0.25) is 10.0 Å². The van der Waals surface area contributed by atoms with Crippen LogP contribution in [0.25, 0.3) is 0 Å². The maximum atomic E-state index is 12.3. The Bertz CT molecular complexity index is 868. The molecule has 5 nitrogen and oxygen atoms in total. The Balaban J connectivity index is 2.51.